The summed E-state index contributed by atoms with van der Waals surface area (Å²) in [6.07, 6.45) is -3.40. The Morgan fingerprint density at radius 3 is 2.47 bits per heavy atom. The quantitative estimate of drug-likeness (QED) is 0.633. The molecule has 3 rings (SSSR count). The number of nitrogens with zero attached hydrogens (tertiary/aromatic N) is 1. The first kappa shape index (κ1) is 11.6. The monoisotopic (exact) mass is 268 g/mol. The van der Waals surface area contributed by atoms with Gasteiger partial charge < -0.3 is 15.0 Å². The number of benzene rings is 1. The molecule has 0 fully saturated rings. The van der Waals surface area contributed by atoms with E-state index in [1.54, 1.807) is 18.2 Å². The van der Waals surface area contributed by atoms with Crippen LogP contribution in [-0.2, 0) is 6.18 Å². The average Bonchev–Trinajstić information content (AvgIpc) is 2.90. The molecule has 0 aliphatic heterocycles. The van der Waals surface area contributed by atoms with E-state index < -0.39 is 12.0 Å². The number of fused-ring (bicyclic) bond motifs is 1. The topological polar surface area (TPSA) is 77.3 Å². The van der Waals surface area contributed by atoms with Crippen LogP contribution < -0.4 is 5.69 Å². The van der Waals surface area contributed by atoms with E-state index in [0.29, 0.717) is 16.6 Å². The van der Waals surface area contributed by atoms with E-state index in [9.17, 15) is 18.0 Å². The van der Waals surface area contributed by atoms with Crippen LogP contribution in [-0.4, -0.2) is 19.9 Å². The summed E-state index contributed by atoms with van der Waals surface area (Å²) in [5, 5.41) is 0. The van der Waals surface area contributed by atoms with Gasteiger partial charge in [0.25, 0.3) is 0 Å². The van der Waals surface area contributed by atoms with Crippen LogP contribution in [0.15, 0.2) is 29.2 Å². The van der Waals surface area contributed by atoms with E-state index in [1.807, 2.05) is 0 Å². The number of H-pyrrole nitrogens is 3. The Bertz CT molecular complexity index is 796. The standard InChI is InChI=1S/C11H7F3N4O/c12-11(13,14)9-15-4-8(16-9)5-1-2-6-7(3-5)18-10(19)17-6/h1-4H,(H,15,16)(H2,17,18,19). The molecule has 2 heterocycles. The molecule has 0 bridgehead atoms. The summed E-state index contributed by atoms with van der Waals surface area (Å²) < 4.78 is 37.3. The van der Waals surface area contributed by atoms with Crippen LogP contribution in [0.25, 0.3) is 22.3 Å². The molecule has 0 saturated heterocycles. The van der Waals surface area contributed by atoms with Crippen molar-refractivity contribution in [2.75, 3.05) is 0 Å². The summed E-state index contributed by atoms with van der Waals surface area (Å²) in [5.74, 6) is -1.05. The minimum absolute atomic E-state index is 0.233. The molecule has 3 N–H and O–H groups in total. The number of hydrogen-bond donors (Lipinski definition) is 3. The van der Waals surface area contributed by atoms with E-state index in [4.69, 9.17) is 0 Å². The van der Waals surface area contributed by atoms with Crippen LogP contribution in [0.2, 0.25) is 0 Å². The summed E-state index contributed by atoms with van der Waals surface area (Å²) >= 11 is 0. The number of aromatic nitrogens is 4. The van der Waals surface area contributed by atoms with Crippen molar-refractivity contribution >= 4 is 11.0 Å². The van der Waals surface area contributed by atoms with Gasteiger partial charge in [0.05, 0.1) is 22.9 Å². The average molecular weight is 268 g/mol. The first-order chi connectivity index (χ1) is 8.93. The van der Waals surface area contributed by atoms with Gasteiger partial charge in [-0.1, -0.05) is 6.07 Å². The summed E-state index contributed by atoms with van der Waals surface area (Å²) in [4.78, 5) is 21.7. The largest absolute Gasteiger partial charge is 0.449 e. The van der Waals surface area contributed by atoms with Gasteiger partial charge in [-0.15, -0.1) is 0 Å². The van der Waals surface area contributed by atoms with Gasteiger partial charge in [-0.2, -0.15) is 13.2 Å². The zero-order valence-corrected chi connectivity index (χ0v) is 9.30. The Morgan fingerprint density at radius 1 is 1.05 bits per heavy atom. The lowest BCUT2D eigenvalue weighted by Crippen LogP contribution is -2.07. The van der Waals surface area contributed by atoms with E-state index in [1.165, 1.54) is 0 Å². The van der Waals surface area contributed by atoms with Gasteiger partial charge in [-0.3, -0.25) is 0 Å². The summed E-state index contributed by atoms with van der Waals surface area (Å²) in [5.41, 5.74) is 1.48. The van der Waals surface area contributed by atoms with E-state index in [2.05, 4.69) is 19.9 Å². The van der Waals surface area contributed by atoms with Gasteiger partial charge in [-0.05, 0) is 12.1 Å². The number of aromatic amines is 3. The Balaban J connectivity index is 2.08. The van der Waals surface area contributed by atoms with Gasteiger partial charge in [-0.25, -0.2) is 9.78 Å². The van der Waals surface area contributed by atoms with E-state index in [-0.39, 0.29) is 11.4 Å². The van der Waals surface area contributed by atoms with Crippen LogP contribution in [0.1, 0.15) is 5.82 Å². The van der Waals surface area contributed by atoms with Crippen LogP contribution in [0, 0.1) is 0 Å². The lowest BCUT2D eigenvalue weighted by atomic mass is 10.1. The third-order valence-corrected chi connectivity index (χ3v) is 2.67. The van der Waals surface area contributed by atoms with Crippen LogP contribution >= 0.6 is 0 Å². The molecule has 0 amide bonds. The lowest BCUT2D eigenvalue weighted by molar-refractivity contribution is -0.144. The van der Waals surface area contributed by atoms with Gasteiger partial charge in [0.1, 0.15) is 0 Å². The molecule has 98 valence electrons. The number of rotatable bonds is 1. The predicted molar refractivity (Wildman–Crippen MR) is 61.5 cm³/mol. The number of alkyl halides is 3. The van der Waals surface area contributed by atoms with Crippen molar-refractivity contribution in [3.05, 3.63) is 40.7 Å². The zero-order chi connectivity index (χ0) is 13.6. The fraction of sp³-hybridized carbons (Fsp3) is 0.0909. The Hall–Kier alpha value is -2.51. The summed E-state index contributed by atoms with van der Waals surface area (Å²) in [7, 11) is 0. The normalized spacial score (nSPS) is 12.2. The van der Waals surface area contributed by atoms with Gasteiger partial charge in [0.2, 0.25) is 5.82 Å². The number of imidazole rings is 2. The third-order valence-electron chi connectivity index (χ3n) is 2.67. The van der Waals surface area contributed by atoms with Crippen LogP contribution in [0.3, 0.4) is 0 Å². The predicted octanol–water partition coefficient (Wildman–Crippen LogP) is 2.27. The van der Waals surface area contributed by atoms with Crippen molar-refractivity contribution < 1.29 is 13.2 Å². The maximum atomic E-state index is 12.4. The molecule has 0 spiro atoms. The Labute approximate surface area is 103 Å². The fourth-order valence-corrected chi connectivity index (χ4v) is 1.81. The minimum atomic E-state index is -4.51. The number of hydrogen-bond acceptors (Lipinski definition) is 2. The molecule has 0 aliphatic carbocycles. The maximum absolute atomic E-state index is 12.4. The second kappa shape index (κ2) is 3.74. The van der Waals surface area contributed by atoms with Crippen LogP contribution in [0.4, 0.5) is 13.2 Å². The maximum Gasteiger partial charge on any atom is 0.449 e. The van der Waals surface area contributed by atoms with Crippen molar-refractivity contribution in [2.45, 2.75) is 6.18 Å². The summed E-state index contributed by atoms with van der Waals surface area (Å²) in [6.45, 7) is 0. The molecule has 0 aliphatic rings. The third kappa shape index (κ3) is 2.01. The highest BCUT2D eigenvalue weighted by Crippen LogP contribution is 2.29. The first-order valence-corrected chi connectivity index (χ1v) is 5.28. The zero-order valence-electron chi connectivity index (χ0n) is 9.30. The molecule has 1 aromatic carbocycles. The Kier molecular flexibility index (Phi) is 2.28. The second-order valence-electron chi connectivity index (χ2n) is 3.98. The molecular weight excluding hydrogens is 261 g/mol. The molecule has 0 atom stereocenters. The Morgan fingerprint density at radius 2 is 1.79 bits per heavy atom. The molecular formula is C11H7F3N4O. The van der Waals surface area contributed by atoms with E-state index in [0.717, 1.165) is 6.20 Å². The molecule has 3 aromatic rings. The molecule has 0 unspecified atom stereocenters. The first-order valence-electron chi connectivity index (χ1n) is 5.28. The fourth-order valence-electron chi connectivity index (χ4n) is 1.81. The van der Waals surface area contributed by atoms with Gasteiger partial charge >= 0.3 is 11.9 Å². The highest BCUT2D eigenvalue weighted by molar-refractivity contribution is 5.80. The number of nitrogens with one attached hydrogen (secondary N) is 3. The smallest absolute Gasteiger partial charge is 0.334 e. The van der Waals surface area contributed by atoms with Crippen molar-refractivity contribution in [3.63, 3.8) is 0 Å². The van der Waals surface area contributed by atoms with Gasteiger partial charge in [0.15, 0.2) is 0 Å². The van der Waals surface area contributed by atoms with Crippen LogP contribution in [0.5, 0.6) is 0 Å². The van der Waals surface area contributed by atoms with Crippen molar-refractivity contribution in [3.8, 4) is 11.3 Å². The van der Waals surface area contributed by atoms with Crippen molar-refractivity contribution in [2.24, 2.45) is 0 Å². The van der Waals surface area contributed by atoms with Gasteiger partial charge in [0, 0.05) is 5.56 Å². The summed E-state index contributed by atoms with van der Waals surface area (Å²) in [6, 6.07) is 4.78. The second-order valence-corrected chi connectivity index (χ2v) is 3.98. The van der Waals surface area contributed by atoms with E-state index >= 15 is 0 Å². The molecule has 2 aromatic heterocycles. The molecule has 8 heteroatoms. The molecule has 0 radical (unpaired) electrons. The SMILES string of the molecule is O=c1[nH]c2ccc(-c3cnc(C(F)(F)F)[nH]3)cc2[nH]1. The van der Waals surface area contributed by atoms with Crippen molar-refractivity contribution in [1.29, 1.82) is 0 Å². The highest BCUT2D eigenvalue weighted by Gasteiger charge is 2.34. The van der Waals surface area contributed by atoms with Crippen molar-refractivity contribution in [1.82, 2.24) is 19.9 Å². The molecule has 19 heavy (non-hydrogen) atoms. The number of halogens is 3. The molecule has 0 saturated carbocycles. The minimum Gasteiger partial charge on any atom is -0.334 e. The lowest BCUT2D eigenvalue weighted by Gasteiger charge is -2.01. The highest BCUT2D eigenvalue weighted by atomic mass is 19.4. The molecule has 5 nitrogen and oxygen atoms in total.